The fourth-order valence-electron chi connectivity index (χ4n) is 2.99. The number of aliphatic imine (C=N–C) groups is 1. The minimum absolute atomic E-state index is 0.0673. The minimum Gasteiger partial charge on any atom is -0.370 e. The summed E-state index contributed by atoms with van der Waals surface area (Å²) in [6, 6.07) is 9.00. The van der Waals surface area contributed by atoms with E-state index in [9.17, 15) is 0 Å². The number of hydrogen-bond donors (Lipinski definition) is 1. The fourth-order valence-corrected chi connectivity index (χ4v) is 2.99. The standard InChI is InChI=1S/C17H25N3/c1-12(2)14-6-8-15(9-7-14)17(3)11-19-16(18)20(17)10-13-4-5-13/h6-9,12-13H,4-5,10-11H2,1-3H3,(H2,18,19). The lowest BCUT2D eigenvalue weighted by Gasteiger charge is -2.37. The monoisotopic (exact) mass is 271 g/mol. The van der Waals surface area contributed by atoms with Crippen molar-refractivity contribution in [3.05, 3.63) is 35.4 Å². The third-order valence-electron chi connectivity index (χ3n) is 4.76. The number of guanidine groups is 1. The molecule has 2 N–H and O–H groups in total. The lowest BCUT2D eigenvalue weighted by Crippen LogP contribution is -2.48. The SMILES string of the molecule is CC(C)c1ccc(C2(C)CN=C(N)N2CC2CC2)cc1. The molecule has 2 aliphatic rings. The summed E-state index contributed by atoms with van der Waals surface area (Å²) in [5.74, 6) is 2.10. The van der Waals surface area contributed by atoms with Gasteiger partial charge in [-0.25, -0.2) is 0 Å². The molecular formula is C17H25N3. The van der Waals surface area contributed by atoms with Gasteiger partial charge in [0.25, 0.3) is 0 Å². The molecule has 3 rings (SSSR count). The average Bonchev–Trinajstić information content (AvgIpc) is 3.21. The van der Waals surface area contributed by atoms with E-state index in [0.29, 0.717) is 11.9 Å². The molecule has 1 aliphatic heterocycles. The Morgan fingerprint density at radius 2 is 1.95 bits per heavy atom. The topological polar surface area (TPSA) is 41.6 Å². The third-order valence-corrected chi connectivity index (χ3v) is 4.76. The van der Waals surface area contributed by atoms with Crippen LogP contribution in [-0.4, -0.2) is 23.9 Å². The van der Waals surface area contributed by atoms with Gasteiger partial charge in [0, 0.05) is 6.54 Å². The fraction of sp³-hybridized carbons (Fsp3) is 0.588. The maximum absolute atomic E-state index is 6.12. The molecule has 3 heteroatoms. The summed E-state index contributed by atoms with van der Waals surface area (Å²) < 4.78 is 0. The Balaban J connectivity index is 1.86. The highest BCUT2D eigenvalue weighted by Crippen LogP contribution is 2.38. The highest BCUT2D eigenvalue weighted by molar-refractivity contribution is 5.81. The van der Waals surface area contributed by atoms with Gasteiger partial charge in [-0.3, -0.25) is 4.99 Å². The van der Waals surface area contributed by atoms with Crippen LogP contribution in [-0.2, 0) is 5.54 Å². The van der Waals surface area contributed by atoms with E-state index in [-0.39, 0.29) is 5.54 Å². The van der Waals surface area contributed by atoms with Gasteiger partial charge in [0.2, 0.25) is 0 Å². The third kappa shape index (κ3) is 2.30. The zero-order valence-electron chi connectivity index (χ0n) is 12.8. The molecule has 0 bridgehead atoms. The molecule has 1 aliphatic carbocycles. The first-order valence-electron chi connectivity index (χ1n) is 7.68. The lowest BCUT2D eigenvalue weighted by molar-refractivity contribution is 0.217. The molecule has 108 valence electrons. The normalized spacial score (nSPS) is 26.2. The molecular weight excluding hydrogens is 246 g/mol. The van der Waals surface area contributed by atoms with Gasteiger partial charge in [0.1, 0.15) is 0 Å². The maximum Gasteiger partial charge on any atom is 0.192 e. The molecule has 0 aromatic heterocycles. The van der Waals surface area contributed by atoms with Crippen molar-refractivity contribution >= 4 is 5.96 Å². The number of benzene rings is 1. The van der Waals surface area contributed by atoms with Crippen molar-refractivity contribution in [3.8, 4) is 0 Å². The van der Waals surface area contributed by atoms with Gasteiger partial charge in [-0.15, -0.1) is 0 Å². The first kappa shape index (κ1) is 13.5. The van der Waals surface area contributed by atoms with Gasteiger partial charge in [-0.2, -0.15) is 0 Å². The Morgan fingerprint density at radius 1 is 1.30 bits per heavy atom. The van der Waals surface area contributed by atoms with E-state index in [1.807, 2.05) is 0 Å². The minimum atomic E-state index is -0.0673. The van der Waals surface area contributed by atoms with Crippen molar-refractivity contribution in [2.75, 3.05) is 13.1 Å². The molecule has 0 amide bonds. The Morgan fingerprint density at radius 3 is 2.50 bits per heavy atom. The van der Waals surface area contributed by atoms with Gasteiger partial charge in [-0.1, -0.05) is 38.1 Å². The molecule has 0 saturated heterocycles. The van der Waals surface area contributed by atoms with Crippen molar-refractivity contribution in [1.29, 1.82) is 0 Å². The lowest BCUT2D eigenvalue weighted by atomic mass is 9.89. The second kappa shape index (κ2) is 4.80. The molecule has 20 heavy (non-hydrogen) atoms. The van der Waals surface area contributed by atoms with Crippen molar-refractivity contribution < 1.29 is 0 Å². The highest BCUT2D eigenvalue weighted by atomic mass is 15.4. The molecule has 3 nitrogen and oxygen atoms in total. The van der Waals surface area contributed by atoms with E-state index in [1.54, 1.807) is 0 Å². The van der Waals surface area contributed by atoms with Crippen molar-refractivity contribution in [2.45, 2.75) is 45.1 Å². The van der Waals surface area contributed by atoms with E-state index >= 15 is 0 Å². The van der Waals surface area contributed by atoms with Gasteiger partial charge in [-0.05, 0) is 42.7 Å². The number of rotatable bonds is 4. The Bertz CT molecular complexity index is 514. The van der Waals surface area contributed by atoms with Crippen LogP contribution in [0.15, 0.2) is 29.3 Å². The largest absolute Gasteiger partial charge is 0.370 e. The van der Waals surface area contributed by atoms with Crippen molar-refractivity contribution in [2.24, 2.45) is 16.6 Å². The van der Waals surface area contributed by atoms with Crippen LogP contribution in [0.2, 0.25) is 0 Å². The zero-order valence-corrected chi connectivity index (χ0v) is 12.8. The van der Waals surface area contributed by atoms with Gasteiger partial charge in [0.15, 0.2) is 5.96 Å². The van der Waals surface area contributed by atoms with Crippen LogP contribution in [0.3, 0.4) is 0 Å². The predicted molar refractivity (Wildman–Crippen MR) is 83.8 cm³/mol. The van der Waals surface area contributed by atoms with E-state index in [1.165, 1.54) is 24.0 Å². The number of hydrogen-bond acceptors (Lipinski definition) is 3. The quantitative estimate of drug-likeness (QED) is 0.914. The molecule has 1 aromatic rings. The predicted octanol–water partition coefficient (Wildman–Crippen LogP) is 3.07. The Labute approximate surface area is 121 Å². The molecule has 1 saturated carbocycles. The summed E-state index contributed by atoms with van der Waals surface area (Å²) in [5, 5.41) is 0. The second-order valence-corrected chi connectivity index (χ2v) is 6.78. The molecule has 1 atom stereocenters. The summed E-state index contributed by atoms with van der Waals surface area (Å²) >= 11 is 0. The maximum atomic E-state index is 6.12. The van der Waals surface area contributed by atoms with E-state index in [4.69, 9.17) is 5.73 Å². The van der Waals surface area contributed by atoms with E-state index in [0.717, 1.165) is 19.0 Å². The van der Waals surface area contributed by atoms with Gasteiger partial charge in [0.05, 0.1) is 12.1 Å². The summed E-state index contributed by atoms with van der Waals surface area (Å²) in [4.78, 5) is 6.82. The van der Waals surface area contributed by atoms with Gasteiger partial charge >= 0.3 is 0 Å². The van der Waals surface area contributed by atoms with Crippen molar-refractivity contribution in [1.82, 2.24) is 4.90 Å². The molecule has 1 heterocycles. The van der Waals surface area contributed by atoms with Crippen LogP contribution in [0.25, 0.3) is 0 Å². The van der Waals surface area contributed by atoms with Gasteiger partial charge < -0.3 is 10.6 Å². The number of nitrogens with two attached hydrogens (primary N) is 1. The molecule has 0 spiro atoms. The van der Waals surface area contributed by atoms with Crippen LogP contribution < -0.4 is 5.73 Å². The molecule has 0 radical (unpaired) electrons. The van der Waals surface area contributed by atoms with Crippen LogP contribution in [0.4, 0.5) is 0 Å². The summed E-state index contributed by atoms with van der Waals surface area (Å²) in [6.45, 7) is 8.55. The Kier molecular flexibility index (Phi) is 3.23. The van der Waals surface area contributed by atoms with E-state index < -0.39 is 0 Å². The Hall–Kier alpha value is -1.51. The molecule has 1 aromatic carbocycles. The number of nitrogens with zero attached hydrogens (tertiary/aromatic N) is 2. The second-order valence-electron chi connectivity index (χ2n) is 6.78. The molecule has 1 unspecified atom stereocenters. The van der Waals surface area contributed by atoms with Crippen LogP contribution in [0, 0.1) is 5.92 Å². The average molecular weight is 271 g/mol. The van der Waals surface area contributed by atoms with Crippen LogP contribution >= 0.6 is 0 Å². The first-order chi connectivity index (χ1) is 9.50. The highest BCUT2D eigenvalue weighted by Gasteiger charge is 2.41. The zero-order chi connectivity index (χ0) is 14.3. The first-order valence-corrected chi connectivity index (χ1v) is 7.68. The summed E-state index contributed by atoms with van der Waals surface area (Å²) in [6.07, 6.45) is 2.68. The van der Waals surface area contributed by atoms with Crippen molar-refractivity contribution in [3.63, 3.8) is 0 Å². The van der Waals surface area contributed by atoms with Crippen LogP contribution in [0.1, 0.15) is 50.7 Å². The van der Waals surface area contributed by atoms with Crippen LogP contribution in [0.5, 0.6) is 0 Å². The smallest absolute Gasteiger partial charge is 0.192 e. The summed E-state index contributed by atoms with van der Waals surface area (Å²) in [5.41, 5.74) is 8.77. The molecule has 1 fully saturated rings. The van der Waals surface area contributed by atoms with E-state index in [2.05, 4.69) is 54.9 Å². The summed E-state index contributed by atoms with van der Waals surface area (Å²) in [7, 11) is 0.